The van der Waals surface area contributed by atoms with Crippen LogP contribution in [0.2, 0.25) is 0 Å². The number of hydrogen-bond donors (Lipinski definition) is 0. The first-order chi connectivity index (χ1) is 14.0. The highest BCUT2D eigenvalue weighted by Crippen LogP contribution is 2.61. The third-order valence-electron chi connectivity index (χ3n) is 6.13. The first-order valence-electron chi connectivity index (χ1n) is 9.61. The lowest BCUT2D eigenvalue weighted by Gasteiger charge is -2.39. The third-order valence-corrected chi connectivity index (χ3v) is 6.13. The quantitative estimate of drug-likeness (QED) is 0.676. The number of ether oxygens (including phenoxy) is 6. The molecule has 4 atom stereocenters. The molecule has 7 heteroatoms. The highest BCUT2D eigenvalue weighted by molar-refractivity contribution is 5.99. The maximum Gasteiger partial charge on any atom is 0.231 e. The Hall–Kier alpha value is -2.67. The van der Waals surface area contributed by atoms with E-state index in [0.29, 0.717) is 35.8 Å². The van der Waals surface area contributed by atoms with Crippen LogP contribution in [0.3, 0.4) is 0 Å². The average Bonchev–Trinajstić information content (AvgIpc) is 3.29. The second-order valence-electron chi connectivity index (χ2n) is 7.56. The number of carbonyl (C=O) groups is 1. The molecule has 29 heavy (non-hydrogen) atoms. The van der Waals surface area contributed by atoms with Crippen molar-refractivity contribution in [2.45, 2.75) is 37.9 Å². The number of carbonyl (C=O) groups excluding carboxylic acids is 1. The van der Waals surface area contributed by atoms with Gasteiger partial charge in [0.15, 0.2) is 11.5 Å². The van der Waals surface area contributed by atoms with Gasteiger partial charge in [-0.25, -0.2) is 0 Å². The van der Waals surface area contributed by atoms with E-state index in [1.54, 1.807) is 14.2 Å². The van der Waals surface area contributed by atoms with E-state index in [1.807, 2.05) is 25.1 Å². The second kappa shape index (κ2) is 7.30. The minimum absolute atomic E-state index is 0.0881. The van der Waals surface area contributed by atoms with Gasteiger partial charge >= 0.3 is 0 Å². The fraction of sp³-hybridized carbons (Fsp3) is 0.500. The lowest BCUT2D eigenvalue weighted by Crippen LogP contribution is -2.42. The summed E-state index contributed by atoms with van der Waals surface area (Å²) in [5.74, 6) is 2.37. The van der Waals surface area contributed by atoms with Crippen LogP contribution in [0.15, 0.2) is 36.3 Å². The lowest BCUT2D eigenvalue weighted by atomic mass is 9.63. The van der Waals surface area contributed by atoms with Crippen molar-refractivity contribution in [1.29, 1.82) is 0 Å². The Morgan fingerprint density at radius 3 is 2.69 bits per heavy atom. The van der Waals surface area contributed by atoms with Crippen molar-refractivity contribution >= 4 is 5.78 Å². The van der Waals surface area contributed by atoms with E-state index in [2.05, 4.69) is 6.58 Å². The van der Waals surface area contributed by atoms with Crippen molar-refractivity contribution in [3.63, 3.8) is 0 Å². The van der Waals surface area contributed by atoms with E-state index in [-0.39, 0.29) is 30.4 Å². The second-order valence-corrected chi connectivity index (χ2v) is 7.56. The van der Waals surface area contributed by atoms with Crippen LogP contribution in [0.4, 0.5) is 0 Å². The van der Waals surface area contributed by atoms with Crippen LogP contribution in [0.5, 0.6) is 17.2 Å². The lowest BCUT2D eigenvalue weighted by molar-refractivity contribution is -0.132. The van der Waals surface area contributed by atoms with Crippen molar-refractivity contribution in [2.75, 3.05) is 28.1 Å². The number of ketones is 1. The maximum absolute atomic E-state index is 12.8. The largest absolute Gasteiger partial charge is 0.493 e. The number of methoxy groups -OCH3 is 3. The van der Waals surface area contributed by atoms with Gasteiger partial charge in [0.2, 0.25) is 24.1 Å². The van der Waals surface area contributed by atoms with Crippen LogP contribution >= 0.6 is 0 Å². The summed E-state index contributed by atoms with van der Waals surface area (Å²) in [7, 11) is 4.63. The van der Waals surface area contributed by atoms with E-state index in [0.717, 1.165) is 5.56 Å². The van der Waals surface area contributed by atoms with E-state index in [1.165, 1.54) is 7.11 Å². The molecule has 1 aromatic carbocycles. The Labute approximate surface area is 170 Å². The highest BCUT2D eigenvalue weighted by atomic mass is 16.7. The third kappa shape index (κ3) is 2.79. The first kappa shape index (κ1) is 19.6. The maximum atomic E-state index is 12.8. The molecule has 1 saturated heterocycles. The van der Waals surface area contributed by atoms with Gasteiger partial charge in [0, 0.05) is 18.4 Å². The molecule has 2 heterocycles. The molecule has 0 radical (unpaired) electrons. The SMILES string of the molecule is C=CCC12CC(OC)C(=O)C(OC)=C1OC(C)C2c1cc(OC)c2c(c1)OCO2. The molecule has 0 amide bonds. The number of allylic oxidation sites excluding steroid dienone is 2. The van der Waals surface area contributed by atoms with Crippen LogP contribution in [0, 0.1) is 5.41 Å². The molecular weight excluding hydrogens is 376 g/mol. The smallest absolute Gasteiger partial charge is 0.231 e. The minimum atomic E-state index is -0.610. The fourth-order valence-electron chi connectivity index (χ4n) is 5.01. The van der Waals surface area contributed by atoms with E-state index >= 15 is 0 Å². The summed E-state index contributed by atoms with van der Waals surface area (Å²) in [5, 5.41) is 0. The van der Waals surface area contributed by atoms with Crippen molar-refractivity contribution in [2.24, 2.45) is 5.41 Å². The molecule has 1 aliphatic carbocycles. The normalized spacial score (nSPS) is 30.1. The molecule has 0 bridgehead atoms. The number of Topliss-reactive ketones (excluding diaryl/α,β-unsaturated/α-hetero) is 1. The van der Waals surface area contributed by atoms with Crippen molar-refractivity contribution in [3.8, 4) is 17.2 Å². The summed E-state index contributed by atoms with van der Waals surface area (Å²) in [5.41, 5.74) is 0.454. The van der Waals surface area contributed by atoms with Gasteiger partial charge < -0.3 is 28.4 Å². The van der Waals surface area contributed by atoms with Gasteiger partial charge in [0.1, 0.15) is 18.0 Å². The zero-order valence-corrected chi connectivity index (χ0v) is 17.2. The van der Waals surface area contributed by atoms with Gasteiger partial charge in [0.05, 0.1) is 14.2 Å². The Kier molecular flexibility index (Phi) is 4.94. The topological polar surface area (TPSA) is 72.5 Å². The molecule has 1 fully saturated rings. The summed E-state index contributed by atoms with van der Waals surface area (Å²) in [6.45, 7) is 6.11. The van der Waals surface area contributed by atoms with Crippen LogP contribution in [-0.2, 0) is 19.0 Å². The Morgan fingerprint density at radius 1 is 1.24 bits per heavy atom. The molecule has 0 N–H and O–H groups in total. The van der Waals surface area contributed by atoms with E-state index in [9.17, 15) is 4.79 Å². The monoisotopic (exact) mass is 402 g/mol. The molecule has 0 saturated carbocycles. The molecule has 0 aromatic heterocycles. The van der Waals surface area contributed by atoms with Gasteiger partial charge in [-0.1, -0.05) is 6.08 Å². The van der Waals surface area contributed by atoms with Crippen LogP contribution in [0.1, 0.15) is 31.2 Å². The van der Waals surface area contributed by atoms with E-state index in [4.69, 9.17) is 28.4 Å². The zero-order valence-electron chi connectivity index (χ0n) is 17.2. The number of fused-ring (bicyclic) bond motifs is 2. The average molecular weight is 402 g/mol. The van der Waals surface area contributed by atoms with Gasteiger partial charge in [-0.15, -0.1) is 6.58 Å². The summed E-state index contributed by atoms with van der Waals surface area (Å²) >= 11 is 0. The molecule has 156 valence electrons. The molecule has 4 unspecified atom stereocenters. The molecule has 0 spiro atoms. The van der Waals surface area contributed by atoms with Crippen LogP contribution in [0.25, 0.3) is 0 Å². The molecule has 7 nitrogen and oxygen atoms in total. The summed E-state index contributed by atoms with van der Waals surface area (Å²) < 4.78 is 34.0. The minimum Gasteiger partial charge on any atom is -0.493 e. The Morgan fingerprint density at radius 2 is 2.03 bits per heavy atom. The van der Waals surface area contributed by atoms with Gasteiger partial charge in [-0.2, -0.15) is 0 Å². The molecule has 3 aliphatic rings. The van der Waals surface area contributed by atoms with Gasteiger partial charge in [0.25, 0.3) is 0 Å². The Bertz CT molecular complexity index is 874. The summed E-state index contributed by atoms with van der Waals surface area (Å²) in [6, 6.07) is 3.92. The molecule has 1 aromatic rings. The zero-order chi connectivity index (χ0) is 20.8. The van der Waals surface area contributed by atoms with Crippen molar-refractivity contribution in [1.82, 2.24) is 0 Å². The highest BCUT2D eigenvalue weighted by Gasteiger charge is 2.59. The predicted octanol–water partition coefficient (Wildman–Crippen LogP) is 3.33. The number of benzene rings is 1. The fourth-order valence-corrected chi connectivity index (χ4v) is 5.01. The van der Waals surface area contributed by atoms with Crippen molar-refractivity contribution < 1.29 is 33.2 Å². The summed E-state index contributed by atoms with van der Waals surface area (Å²) in [6.07, 6.45) is 2.12. The van der Waals surface area contributed by atoms with Crippen LogP contribution in [-0.4, -0.2) is 46.1 Å². The molecular formula is C22H26O7. The first-order valence-corrected chi connectivity index (χ1v) is 9.61. The van der Waals surface area contributed by atoms with Crippen molar-refractivity contribution in [3.05, 3.63) is 41.9 Å². The number of hydrogen-bond acceptors (Lipinski definition) is 7. The number of rotatable bonds is 6. The van der Waals surface area contributed by atoms with Gasteiger partial charge in [-0.3, -0.25) is 4.79 Å². The standard InChI is InChI=1S/C22H26O7/c1-6-7-22-10-16(25-4)18(23)20(26-5)21(22)29-12(2)17(22)13-8-14(24-3)19-15(9-13)27-11-28-19/h6,8-9,12,16-17H,1,7,10-11H2,2-5H3. The summed E-state index contributed by atoms with van der Waals surface area (Å²) in [4.78, 5) is 12.8. The Balaban J connectivity index is 1.91. The molecule has 4 rings (SSSR count). The van der Waals surface area contributed by atoms with Gasteiger partial charge in [-0.05, 0) is 37.5 Å². The van der Waals surface area contributed by atoms with Crippen LogP contribution < -0.4 is 14.2 Å². The molecule has 2 aliphatic heterocycles. The predicted molar refractivity (Wildman–Crippen MR) is 104 cm³/mol. The van der Waals surface area contributed by atoms with E-state index < -0.39 is 11.5 Å².